The summed E-state index contributed by atoms with van der Waals surface area (Å²) in [6.07, 6.45) is -11.2. The maximum Gasteiger partial charge on any atom is 0.416 e. The summed E-state index contributed by atoms with van der Waals surface area (Å²) in [5.41, 5.74) is 0.482. The van der Waals surface area contributed by atoms with E-state index in [-0.39, 0.29) is 18.7 Å². The van der Waals surface area contributed by atoms with Crippen molar-refractivity contribution in [3.63, 3.8) is 0 Å². The van der Waals surface area contributed by atoms with Crippen molar-refractivity contribution in [3.8, 4) is 0 Å². The second-order valence-corrected chi connectivity index (χ2v) is 4.53. The lowest BCUT2D eigenvalue weighted by Crippen LogP contribution is -2.24. The minimum absolute atomic E-state index is 0.0762. The van der Waals surface area contributed by atoms with Crippen LogP contribution in [0.15, 0.2) is 12.1 Å². The van der Waals surface area contributed by atoms with Gasteiger partial charge in [-0.2, -0.15) is 26.3 Å². The third kappa shape index (κ3) is 4.81. The van der Waals surface area contributed by atoms with Crippen LogP contribution >= 0.6 is 0 Å². The molecule has 0 amide bonds. The standard InChI is InChI=1S/C13H12F7NO2/c1-2-23-10(22)5-9(21)11-7(13(18,19)20)3-6(4-8(11)14)12(15,16)17/h3-4,9H,2,5,21H2,1H3/t9-/m0/s1. The topological polar surface area (TPSA) is 52.3 Å². The molecule has 3 nitrogen and oxygen atoms in total. The van der Waals surface area contributed by atoms with Crippen molar-refractivity contribution in [2.45, 2.75) is 31.7 Å². The first-order valence-electron chi connectivity index (χ1n) is 6.27. The molecule has 0 unspecified atom stereocenters. The van der Waals surface area contributed by atoms with Crippen LogP contribution in [0.3, 0.4) is 0 Å². The van der Waals surface area contributed by atoms with Gasteiger partial charge in [0.2, 0.25) is 0 Å². The van der Waals surface area contributed by atoms with Gasteiger partial charge in [0, 0.05) is 11.6 Å². The van der Waals surface area contributed by atoms with Gasteiger partial charge in [0.25, 0.3) is 0 Å². The van der Waals surface area contributed by atoms with Crippen molar-refractivity contribution in [3.05, 3.63) is 34.6 Å². The fourth-order valence-corrected chi connectivity index (χ4v) is 1.89. The maximum absolute atomic E-state index is 13.8. The Hall–Kier alpha value is -1.84. The average Bonchev–Trinajstić information content (AvgIpc) is 2.35. The third-order valence-electron chi connectivity index (χ3n) is 2.82. The van der Waals surface area contributed by atoms with E-state index in [4.69, 9.17) is 5.73 Å². The van der Waals surface area contributed by atoms with Gasteiger partial charge in [0.05, 0.1) is 24.2 Å². The molecular weight excluding hydrogens is 335 g/mol. The predicted molar refractivity (Wildman–Crippen MR) is 64.6 cm³/mol. The Labute approximate surface area is 126 Å². The van der Waals surface area contributed by atoms with Crippen LogP contribution in [0, 0.1) is 5.82 Å². The lowest BCUT2D eigenvalue weighted by atomic mass is 9.95. The Balaban J connectivity index is 3.38. The number of ether oxygens (including phenoxy) is 1. The first-order chi connectivity index (χ1) is 10.4. The quantitative estimate of drug-likeness (QED) is 0.666. The lowest BCUT2D eigenvalue weighted by molar-refractivity contribution is -0.146. The molecule has 1 atom stereocenters. The maximum atomic E-state index is 13.8. The van der Waals surface area contributed by atoms with Crippen molar-refractivity contribution in [1.82, 2.24) is 0 Å². The number of rotatable bonds is 4. The highest BCUT2D eigenvalue weighted by molar-refractivity contribution is 5.70. The Morgan fingerprint density at radius 1 is 1.17 bits per heavy atom. The van der Waals surface area contributed by atoms with Crippen LogP contribution in [-0.4, -0.2) is 12.6 Å². The predicted octanol–water partition coefficient (Wildman–Crippen LogP) is 3.82. The van der Waals surface area contributed by atoms with Crippen LogP contribution in [0.2, 0.25) is 0 Å². The fourth-order valence-electron chi connectivity index (χ4n) is 1.89. The van der Waals surface area contributed by atoms with E-state index in [1.54, 1.807) is 0 Å². The molecule has 23 heavy (non-hydrogen) atoms. The molecular formula is C13H12F7NO2. The van der Waals surface area contributed by atoms with Gasteiger partial charge >= 0.3 is 18.3 Å². The molecule has 1 aromatic carbocycles. The van der Waals surface area contributed by atoms with Crippen LogP contribution in [-0.2, 0) is 21.9 Å². The van der Waals surface area contributed by atoms with E-state index >= 15 is 0 Å². The average molecular weight is 347 g/mol. The fraction of sp³-hybridized carbons (Fsp3) is 0.462. The molecule has 0 aliphatic rings. The Morgan fingerprint density at radius 3 is 2.17 bits per heavy atom. The Morgan fingerprint density at radius 2 is 1.74 bits per heavy atom. The van der Waals surface area contributed by atoms with E-state index in [9.17, 15) is 35.5 Å². The highest BCUT2D eigenvalue weighted by Crippen LogP contribution is 2.40. The van der Waals surface area contributed by atoms with Gasteiger partial charge in [-0.1, -0.05) is 0 Å². The lowest BCUT2D eigenvalue weighted by Gasteiger charge is -2.20. The second-order valence-electron chi connectivity index (χ2n) is 4.53. The number of hydrogen-bond acceptors (Lipinski definition) is 3. The number of hydrogen-bond donors (Lipinski definition) is 1. The van der Waals surface area contributed by atoms with Gasteiger partial charge in [0.15, 0.2) is 0 Å². The zero-order valence-electron chi connectivity index (χ0n) is 11.7. The molecule has 10 heteroatoms. The van der Waals surface area contributed by atoms with E-state index in [1.807, 2.05) is 0 Å². The van der Waals surface area contributed by atoms with Crippen molar-refractivity contribution < 1.29 is 40.3 Å². The summed E-state index contributed by atoms with van der Waals surface area (Å²) in [6.45, 7) is 1.36. The number of nitrogens with two attached hydrogens (primary N) is 1. The SMILES string of the molecule is CCOC(=O)C[C@H](N)c1c(F)cc(C(F)(F)F)cc1C(F)(F)F. The third-order valence-corrected chi connectivity index (χ3v) is 2.82. The van der Waals surface area contributed by atoms with Crippen molar-refractivity contribution in [2.75, 3.05) is 6.61 Å². The largest absolute Gasteiger partial charge is 0.466 e. The van der Waals surface area contributed by atoms with Crippen LogP contribution in [0.1, 0.15) is 36.1 Å². The van der Waals surface area contributed by atoms with Gasteiger partial charge in [-0.05, 0) is 19.1 Å². The number of esters is 1. The molecule has 2 N–H and O–H groups in total. The highest BCUT2D eigenvalue weighted by atomic mass is 19.4. The number of alkyl halides is 6. The first kappa shape index (κ1) is 19.2. The number of benzene rings is 1. The van der Waals surface area contributed by atoms with Gasteiger partial charge in [0.1, 0.15) is 5.82 Å². The first-order valence-corrected chi connectivity index (χ1v) is 6.27. The molecule has 0 radical (unpaired) electrons. The van der Waals surface area contributed by atoms with Crippen LogP contribution in [0.4, 0.5) is 30.7 Å². The van der Waals surface area contributed by atoms with Gasteiger partial charge in [-0.15, -0.1) is 0 Å². The summed E-state index contributed by atoms with van der Waals surface area (Å²) >= 11 is 0. The number of carbonyl (C=O) groups is 1. The molecule has 0 heterocycles. The summed E-state index contributed by atoms with van der Waals surface area (Å²) in [6, 6.07) is -2.12. The number of carbonyl (C=O) groups excluding carboxylic acids is 1. The molecule has 0 aliphatic carbocycles. The van der Waals surface area contributed by atoms with Crippen molar-refractivity contribution in [2.24, 2.45) is 5.73 Å². The molecule has 1 rings (SSSR count). The summed E-state index contributed by atoms with van der Waals surface area (Å²) in [7, 11) is 0. The Bertz CT molecular complexity index is 581. The van der Waals surface area contributed by atoms with Gasteiger partial charge in [-0.3, -0.25) is 4.79 Å². The molecule has 0 aromatic heterocycles. The summed E-state index contributed by atoms with van der Waals surface area (Å²) in [5.74, 6) is -2.78. The van der Waals surface area contributed by atoms with Crippen molar-refractivity contribution >= 4 is 5.97 Å². The highest BCUT2D eigenvalue weighted by Gasteiger charge is 2.41. The Kier molecular flexibility index (Phi) is 5.62. The molecule has 0 bridgehead atoms. The van der Waals surface area contributed by atoms with E-state index in [0.717, 1.165) is 0 Å². The minimum atomic E-state index is -5.27. The van der Waals surface area contributed by atoms with Crippen molar-refractivity contribution in [1.29, 1.82) is 0 Å². The molecule has 0 spiro atoms. The molecule has 1 aromatic rings. The smallest absolute Gasteiger partial charge is 0.416 e. The molecule has 0 fully saturated rings. The summed E-state index contributed by atoms with van der Waals surface area (Å²) < 4.78 is 94.7. The van der Waals surface area contributed by atoms with E-state index in [1.165, 1.54) is 6.92 Å². The van der Waals surface area contributed by atoms with Crippen LogP contribution in [0.5, 0.6) is 0 Å². The monoisotopic (exact) mass is 347 g/mol. The molecule has 0 aliphatic heterocycles. The molecule has 130 valence electrons. The van der Waals surface area contributed by atoms with Gasteiger partial charge < -0.3 is 10.5 Å². The minimum Gasteiger partial charge on any atom is -0.466 e. The van der Waals surface area contributed by atoms with Crippen LogP contribution in [0.25, 0.3) is 0 Å². The molecule has 0 saturated carbocycles. The zero-order valence-corrected chi connectivity index (χ0v) is 11.7. The van der Waals surface area contributed by atoms with Gasteiger partial charge in [-0.25, -0.2) is 4.39 Å². The zero-order chi connectivity index (χ0) is 18.0. The summed E-state index contributed by atoms with van der Waals surface area (Å²) in [5, 5.41) is 0. The van der Waals surface area contributed by atoms with Crippen LogP contribution < -0.4 is 5.73 Å². The second kappa shape index (κ2) is 6.73. The van der Waals surface area contributed by atoms with E-state index in [0.29, 0.717) is 0 Å². The normalized spacial score (nSPS) is 13.8. The molecule has 0 saturated heterocycles. The van der Waals surface area contributed by atoms with E-state index < -0.39 is 53.3 Å². The number of halogens is 7. The summed E-state index contributed by atoms with van der Waals surface area (Å²) in [4.78, 5) is 11.2. The van der Waals surface area contributed by atoms with E-state index in [2.05, 4.69) is 4.74 Å².